The summed E-state index contributed by atoms with van der Waals surface area (Å²) in [5.41, 5.74) is 0.353. The molecule has 4 nitrogen and oxygen atoms in total. The first-order chi connectivity index (χ1) is 9.49. The van der Waals surface area contributed by atoms with Gasteiger partial charge in [-0.15, -0.1) is 0 Å². The summed E-state index contributed by atoms with van der Waals surface area (Å²) in [4.78, 5) is 27.4. The molecule has 2 heterocycles. The molecule has 0 saturated carbocycles. The topological polar surface area (TPSA) is 40.6 Å². The van der Waals surface area contributed by atoms with Gasteiger partial charge in [0.1, 0.15) is 12.6 Å². The highest BCUT2D eigenvalue weighted by molar-refractivity contribution is 6.35. The summed E-state index contributed by atoms with van der Waals surface area (Å²) < 4.78 is 13.4. The lowest BCUT2D eigenvalue weighted by molar-refractivity contribution is -0.140. The third kappa shape index (κ3) is 2.05. The van der Waals surface area contributed by atoms with E-state index >= 15 is 0 Å². The van der Waals surface area contributed by atoms with Crippen LogP contribution >= 0.6 is 23.2 Å². The van der Waals surface area contributed by atoms with Crippen molar-refractivity contribution in [2.45, 2.75) is 18.9 Å². The standard InChI is InChI=1S/C13H11Cl2FN2O2/c14-8-4-7(5-9(15)12(8)16)18-6-11(19)17-3-1-2-10(17)13(18)20/h4-5,10H,1-3,6H2. The normalized spacial score (nSPS) is 22.4. The summed E-state index contributed by atoms with van der Waals surface area (Å²) in [7, 11) is 0. The van der Waals surface area contributed by atoms with Gasteiger partial charge in [0.15, 0.2) is 5.82 Å². The largest absolute Gasteiger partial charge is 0.329 e. The van der Waals surface area contributed by atoms with Gasteiger partial charge in [-0.2, -0.15) is 0 Å². The number of carbonyl (C=O) groups is 2. The molecule has 0 radical (unpaired) electrons. The predicted octanol–water partition coefficient (Wildman–Crippen LogP) is 2.47. The molecule has 0 aliphatic carbocycles. The number of carbonyl (C=O) groups excluding carboxylic acids is 2. The minimum atomic E-state index is -0.727. The zero-order valence-electron chi connectivity index (χ0n) is 10.4. The van der Waals surface area contributed by atoms with Gasteiger partial charge in [-0.05, 0) is 25.0 Å². The molecule has 2 amide bonds. The Kier molecular flexibility index (Phi) is 3.34. The van der Waals surface area contributed by atoms with E-state index in [-0.39, 0.29) is 28.4 Å². The van der Waals surface area contributed by atoms with Crippen molar-refractivity contribution >= 4 is 40.7 Å². The lowest BCUT2D eigenvalue weighted by atomic mass is 10.1. The number of nitrogens with zero attached hydrogens (tertiary/aromatic N) is 2. The molecule has 2 saturated heterocycles. The average Bonchev–Trinajstić information content (AvgIpc) is 2.89. The van der Waals surface area contributed by atoms with Gasteiger partial charge in [0.05, 0.1) is 10.0 Å². The van der Waals surface area contributed by atoms with Crippen LogP contribution in [-0.2, 0) is 9.59 Å². The van der Waals surface area contributed by atoms with E-state index in [0.717, 1.165) is 6.42 Å². The zero-order valence-corrected chi connectivity index (χ0v) is 11.9. The number of amides is 2. The third-order valence-electron chi connectivity index (χ3n) is 3.70. The first kappa shape index (κ1) is 13.6. The minimum absolute atomic E-state index is 0.0619. The average molecular weight is 317 g/mol. The van der Waals surface area contributed by atoms with Crippen LogP contribution in [0.25, 0.3) is 0 Å². The van der Waals surface area contributed by atoms with Gasteiger partial charge in [0, 0.05) is 12.2 Å². The monoisotopic (exact) mass is 316 g/mol. The van der Waals surface area contributed by atoms with E-state index in [1.165, 1.54) is 17.0 Å². The van der Waals surface area contributed by atoms with E-state index < -0.39 is 11.9 Å². The van der Waals surface area contributed by atoms with Crippen molar-refractivity contribution in [1.82, 2.24) is 4.90 Å². The number of hydrogen-bond donors (Lipinski definition) is 0. The maximum atomic E-state index is 13.4. The van der Waals surface area contributed by atoms with Crippen molar-refractivity contribution in [3.8, 4) is 0 Å². The summed E-state index contributed by atoms with van der Waals surface area (Å²) in [6.07, 6.45) is 1.48. The molecule has 1 unspecified atom stereocenters. The first-order valence-corrected chi connectivity index (χ1v) is 7.00. The zero-order chi connectivity index (χ0) is 14.4. The molecule has 7 heteroatoms. The summed E-state index contributed by atoms with van der Waals surface area (Å²) in [5.74, 6) is -1.00. The molecule has 2 aliphatic heterocycles. The van der Waals surface area contributed by atoms with Crippen LogP contribution in [0.15, 0.2) is 12.1 Å². The number of benzene rings is 1. The fraction of sp³-hybridized carbons (Fsp3) is 0.385. The maximum Gasteiger partial charge on any atom is 0.250 e. The van der Waals surface area contributed by atoms with Gasteiger partial charge < -0.3 is 9.80 Å². The number of hydrogen-bond acceptors (Lipinski definition) is 2. The van der Waals surface area contributed by atoms with Gasteiger partial charge in [0.2, 0.25) is 11.8 Å². The fourth-order valence-electron chi connectivity index (χ4n) is 2.72. The molecule has 2 aliphatic rings. The van der Waals surface area contributed by atoms with Crippen LogP contribution in [-0.4, -0.2) is 35.8 Å². The second kappa shape index (κ2) is 4.90. The van der Waals surface area contributed by atoms with Crippen molar-refractivity contribution < 1.29 is 14.0 Å². The lowest BCUT2D eigenvalue weighted by Crippen LogP contribution is -2.57. The van der Waals surface area contributed by atoms with Crippen LogP contribution in [0.1, 0.15) is 12.8 Å². The Labute approximate surface area is 125 Å². The van der Waals surface area contributed by atoms with Crippen LogP contribution in [0.2, 0.25) is 10.0 Å². The Morgan fingerprint density at radius 1 is 1.20 bits per heavy atom. The molecule has 106 valence electrons. The Hall–Kier alpha value is -1.33. The number of piperazine rings is 1. The van der Waals surface area contributed by atoms with E-state index in [0.29, 0.717) is 18.7 Å². The predicted molar refractivity (Wildman–Crippen MR) is 73.5 cm³/mol. The summed E-state index contributed by atoms with van der Waals surface area (Å²) in [5, 5.41) is -0.330. The Morgan fingerprint density at radius 3 is 2.50 bits per heavy atom. The molecule has 1 aromatic carbocycles. The van der Waals surface area contributed by atoms with Crippen molar-refractivity contribution in [3.63, 3.8) is 0 Å². The van der Waals surface area contributed by atoms with Crippen molar-refractivity contribution in [2.75, 3.05) is 18.0 Å². The number of anilines is 1. The van der Waals surface area contributed by atoms with E-state index in [4.69, 9.17) is 23.2 Å². The van der Waals surface area contributed by atoms with Gasteiger partial charge >= 0.3 is 0 Å². The van der Waals surface area contributed by atoms with Crippen molar-refractivity contribution in [2.24, 2.45) is 0 Å². The Balaban J connectivity index is 1.98. The van der Waals surface area contributed by atoms with Crippen LogP contribution in [0, 0.1) is 5.82 Å². The molecule has 0 spiro atoms. The first-order valence-electron chi connectivity index (χ1n) is 6.24. The lowest BCUT2D eigenvalue weighted by Gasteiger charge is -2.36. The highest BCUT2D eigenvalue weighted by atomic mass is 35.5. The molecule has 0 aromatic heterocycles. The summed E-state index contributed by atoms with van der Waals surface area (Å²) in [6, 6.07) is 2.22. The van der Waals surface area contributed by atoms with E-state index in [2.05, 4.69) is 0 Å². The second-order valence-electron chi connectivity index (χ2n) is 4.89. The van der Waals surface area contributed by atoms with Gasteiger partial charge in [-0.25, -0.2) is 4.39 Å². The molecule has 1 aromatic rings. The van der Waals surface area contributed by atoms with Gasteiger partial charge in [-0.3, -0.25) is 9.59 Å². The minimum Gasteiger partial charge on any atom is -0.329 e. The second-order valence-corrected chi connectivity index (χ2v) is 5.71. The number of fused-ring (bicyclic) bond motifs is 1. The molecule has 20 heavy (non-hydrogen) atoms. The molecule has 0 N–H and O–H groups in total. The SMILES string of the molecule is O=C1C2CCCN2C(=O)CN1c1cc(Cl)c(F)c(Cl)c1. The van der Waals surface area contributed by atoms with Gasteiger partial charge in [-0.1, -0.05) is 23.2 Å². The molecular weight excluding hydrogens is 306 g/mol. The van der Waals surface area contributed by atoms with E-state index in [1.54, 1.807) is 4.90 Å². The van der Waals surface area contributed by atoms with Crippen LogP contribution in [0.5, 0.6) is 0 Å². The van der Waals surface area contributed by atoms with Crippen LogP contribution in [0.4, 0.5) is 10.1 Å². The maximum absolute atomic E-state index is 13.4. The molecule has 2 fully saturated rings. The summed E-state index contributed by atoms with van der Waals surface area (Å²) in [6.45, 7) is 0.557. The highest BCUT2D eigenvalue weighted by Crippen LogP contribution is 2.32. The van der Waals surface area contributed by atoms with Crippen molar-refractivity contribution in [3.05, 3.63) is 28.0 Å². The van der Waals surface area contributed by atoms with E-state index in [1.807, 2.05) is 0 Å². The molecular formula is C13H11Cl2FN2O2. The van der Waals surface area contributed by atoms with Gasteiger partial charge in [0.25, 0.3) is 0 Å². The van der Waals surface area contributed by atoms with E-state index in [9.17, 15) is 14.0 Å². The smallest absolute Gasteiger partial charge is 0.250 e. The molecule has 3 rings (SSSR count). The highest BCUT2D eigenvalue weighted by Gasteiger charge is 2.42. The van der Waals surface area contributed by atoms with Crippen LogP contribution in [0.3, 0.4) is 0 Å². The number of rotatable bonds is 1. The van der Waals surface area contributed by atoms with Crippen molar-refractivity contribution in [1.29, 1.82) is 0 Å². The fourth-order valence-corrected chi connectivity index (χ4v) is 3.20. The third-order valence-corrected chi connectivity index (χ3v) is 4.25. The Bertz CT molecular complexity index is 585. The molecule has 0 bridgehead atoms. The molecule has 1 atom stereocenters. The Morgan fingerprint density at radius 2 is 1.85 bits per heavy atom. The van der Waals surface area contributed by atoms with Crippen LogP contribution < -0.4 is 4.90 Å². The summed E-state index contributed by atoms with van der Waals surface area (Å²) >= 11 is 11.5. The quantitative estimate of drug-likeness (QED) is 0.747. The number of halogens is 3.